The number of rotatable bonds is 2. The first-order chi connectivity index (χ1) is 3.93. The highest BCUT2D eigenvalue weighted by Crippen LogP contribution is 2.24. The average Bonchev–Trinajstić information content (AvgIpc) is 2.19. The summed E-state index contributed by atoms with van der Waals surface area (Å²) in [5.74, 6) is 0.514. The second-order valence-electron chi connectivity index (χ2n) is 2.43. The van der Waals surface area contributed by atoms with Gasteiger partial charge in [0.2, 0.25) is 0 Å². The predicted octanol–water partition coefficient (Wildman–Crippen LogP) is 2.08. The van der Waals surface area contributed by atoms with E-state index in [0.29, 0.717) is 12.5 Å². The quantitative estimate of drug-likeness (QED) is 0.539. The molecule has 0 atom stereocenters. The van der Waals surface area contributed by atoms with E-state index in [9.17, 15) is 4.53 Å². The Labute approximate surface area is 48.7 Å². The monoisotopic (exact) mass is 118 g/mol. The van der Waals surface area contributed by atoms with Gasteiger partial charge in [0, 0.05) is 0 Å². The summed E-state index contributed by atoms with van der Waals surface area (Å²) in [5.41, 5.74) is 0. The molecule has 1 aliphatic carbocycles. The normalized spacial score (nSPS) is 22.1. The lowest BCUT2D eigenvalue weighted by atomic mass is 10.1. The van der Waals surface area contributed by atoms with Gasteiger partial charge in [-0.05, 0) is 23.3 Å². The van der Waals surface area contributed by atoms with Gasteiger partial charge < -0.3 is 0 Å². The fraction of sp³-hybridized carbons (Fsp3) is 1.00. The lowest BCUT2D eigenvalue weighted by Gasteiger charge is -2.00. The third-order valence-corrected chi connectivity index (χ3v) is 1.77. The summed E-state index contributed by atoms with van der Waals surface area (Å²) in [6.45, 7) is 0.319. The van der Waals surface area contributed by atoms with Gasteiger partial charge in [-0.2, -0.15) is 4.94 Å². The number of hydrogen-bond donors (Lipinski definition) is 0. The molecule has 0 bridgehead atoms. The molecule has 0 saturated heterocycles. The van der Waals surface area contributed by atoms with Gasteiger partial charge in [-0.15, -0.1) is 0 Å². The molecule has 1 rings (SSSR count). The molecule has 1 saturated carbocycles. The van der Waals surface area contributed by atoms with Crippen LogP contribution in [0.1, 0.15) is 25.7 Å². The molecule has 0 radical (unpaired) electrons. The van der Waals surface area contributed by atoms with Gasteiger partial charge in [0.15, 0.2) is 0 Å². The topological polar surface area (TPSA) is 9.23 Å². The second kappa shape index (κ2) is 3.02. The minimum Gasteiger partial charge on any atom is -0.194 e. The van der Waals surface area contributed by atoms with Crippen LogP contribution in [0, 0.1) is 5.92 Å². The molecule has 48 valence electrons. The molecule has 0 spiro atoms. The van der Waals surface area contributed by atoms with E-state index in [1.807, 2.05) is 0 Å². The van der Waals surface area contributed by atoms with Crippen molar-refractivity contribution in [2.75, 3.05) is 6.61 Å². The Balaban J connectivity index is 2.06. The Kier molecular flexibility index (Phi) is 2.27. The molecule has 0 heterocycles. The van der Waals surface area contributed by atoms with E-state index in [1.165, 1.54) is 12.8 Å². The molecule has 1 nitrogen and oxygen atoms in total. The second-order valence-corrected chi connectivity index (χ2v) is 2.43. The van der Waals surface area contributed by atoms with Crippen molar-refractivity contribution < 1.29 is 9.47 Å². The van der Waals surface area contributed by atoms with Crippen LogP contribution in [-0.2, 0) is 4.94 Å². The molecule has 0 unspecified atom stereocenters. The smallest absolute Gasteiger partial charge is 0.0904 e. The molecular formula is C6H11FO. The summed E-state index contributed by atoms with van der Waals surface area (Å²) in [6.07, 6.45) is 4.83. The third kappa shape index (κ3) is 1.44. The number of halogens is 1. The first-order valence-corrected chi connectivity index (χ1v) is 3.17. The molecule has 1 aliphatic rings. The van der Waals surface area contributed by atoms with Crippen molar-refractivity contribution in [3.63, 3.8) is 0 Å². The van der Waals surface area contributed by atoms with Gasteiger partial charge >= 0.3 is 0 Å². The summed E-state index contributed by atoms with van der Waals surface area (Å²) in [6, 6.07) is 0. The van der Waals surface area contributed by atoms with E-state index in [2.05, 4.69) is 4.94 Å². The maximum absolute atomic E-state index is 11.1. The molecule has 0 aliphatic heterocycles. The van der Waals surface area contributed by atoms with E-state index < -0.39 is 0 Å². The van der Waals surface area contributed by atoms with Gasteiger partial charge in [-0.3, -0.25) is 0 Å². The minimum atomic E-state index is 0.319. The van der Waals surface area contributed by atoms with Crippen LogP contribution in [0.25, 0.3) is 0 Å². The zero-order valence-corrected chi connectivity index (χ0v) is 4.90. The molecule has 1 fully saturated rings. The molecule has 2 heteroatoms. The van der Waals surface area contributed by atoms with Crippen LogP contribution < -0.4 is 0 Å². The van der Waals surface area contributed by atoms with E-state index in [-0.39, 0.29) is 0 Å². The van der Waals surface area contributed by atoms with Crippen LogP contribution in [0.2, 0.25) is 0 Å². The summed E-state index contributed by atoms with van der Waals surface area (Å²) in [4.78, 5) is 3.53. The van der Waals surface area contributed by atoms with E-state index >= 15 is 0 Å². The van der Waals surface area contributed by atoms with Crippen LogP contribution in [-0.4, -0.2) is 6.61 Å². The molecule has 0 aromatic heterocycles. The Morgan fingerprint density at radius 3 is 2.50 bits per heavy atom. The van der Waals surface area contributed by atoms with Crippen molar-refractivity contribution in [3.8, 4) is 0 Å². The van der Waals surface area contributed by atoms with Gasteiger partial charge in [-0.25, -0.2) is 0 Å². The largest absolute Gasteiger partial charge is 0.194 e. The van der Waals surface area contributed by atoms with Crippen molar-refractivity contribution in [3.05, 3.63) is 0 Å². The summed E-state index contributed by atoms with van der Waals surface area (Å²) in [5, 5.41) is 0. The summed E-state index contributed by atoms with van der Waals surface area (Å²) < 4.78 is 11.1. The molecule has 0 aromatic rings. The first-order valence-electron chi connectivity index (χ1n) is 3.17. The van der Waals surface area contributed by atoms with Crippen molar-refractivity contribution in [1.82, 2.24) is 0 Å². The molecule has 0 amide bonds. The van der Waals surface area contributed by atoms with Crippen molar-refractivity contribution in [2.24, 2.45) is 5.92 Å². The maximum atomic E-state index is 11.1. The highest BCUT2D eigenvalue weighted by atomic mass is 19.3. The Morgan fingerprint density at radius 2 is 2.00 bits per heavy atom. The van der Waals surface area contributed by atoms with Crippen LogP contribution in [0.3, 0.4) is 0 Å². The fourth-order valence-corrected chi connectivity index (χ4v) is 1.27. The molecule has 0 N–H and O–H groups in total. The summed E-state index contributed by atoms with van der Waals surface area (Å²) in [7, 11) is 0. The van der Waals surface area contributed by atoms with Gasteiger partial charge in [-0.1, -0.05) is 12.8 Å². The van der Waals surface area contributed by atoms with Crippen molar-refractivity contribution >= 4 is 0 Å². The lowest BCUT2D eigenvalue weighted by Crippen LogP contribution is -1.99. The van der Waals surface area contributed by atoms with Crippen molar-refractivity contribution in [1.29, 1.82) is 0 Å². The standard InChI is InChI=1S/C6H11FO/c7-8-5-6-3-1-2-4-6/h6H,1-5H2. The average molecular weight is 118 g/mol. The van der Waals surface area contributed by atoms with Gasteiger partial charge in [0.1, 0.15) is 0 Å². The van der Waals surface area contributed by atoms with Crippen LogP contribution in [0.5, 0.6) is 0 Å². The van der Waals surface area contributed by atoms with Gasteiger partial charge in [0.25, 0.3) is 0 Å². The van der Waals surface area contributed by atoms with E-state index in [1.54, 1.807) is 0 Å². The Morgan fingerprint density at radius 1 is 1.38 bits per heavy atom. The number of hydrogen-bond acceptors (Lipinski definition) is 1. The maximum Gasteiger partial charge on any atom is 0.0904 e. The zero-order valence-electron chi connectivity index (χ0n) is 4.90. The SMILES string of the molecule is FOCC1CCCC1. The molecule has 8 heavy (non-hydrogen) atoms. The highest BCUT2D eigenvalue weighted by molar-refractivity contribution is 4.65. The highest BCUT2D eigenvalue weighted by Gasteiger charge is 2.14. The molecule has 0 aromatic carbocycles. The van der Waals surface area contributed by atoms with E-state index in [4.69, 9.17) is 0 Å². The Bertz CT molecular complexity index is 59.5. The fourth-order valence-electron chi connectivity index (χ4n) is 1.27. The zero-order chi connectivity index (χ0) is 5.82. The van der Waals surface area contributed by atoms with Crippen molar-refractivity contribution in [2.45, 2.75) is 25.7 Å². The van der Waals surface area contributed by atoms with Crippen LogP contribution >= 0.6 is 0 Å². The van der Waals surface area contributed by atoms with Gasteiger partial charge in [0.05, 0.1) is 6.61 Å². The lowest BCUT2D eigenvalue weighted by molar-refractivity contribution is -0.144. The summed E-state index contributed by atoms with van der Waals surface area (Å²) >= 11 is 0. The van der Waals surface area contributed by atoms with E-state index in [0.717, 1.165) is 12.8 Å². The first kappa shape index (κ1) is 6.02. The Hall–Kier alpha value is -0.110. The van der Waals surface area contributed by atoms with Crippen LogP contribution in [0.15, 0.2) is 0 Å². The molecular weight excluding hydrogens is 107 g/mol. The minimum absolute atomic E-state index is 0.319. The predicted molar refractivity (Wildman–Crippen MR) is 29.0 cm³/mol. The third-order valence-electron chi connectivity index (χ3n) is 1.77. The van der Waals surface area contributed by atoms with Crippen LogP contribution in [0.4, 0.5) is 4.53 Å².